The van der Waals surface area contributed by atoms with Gasteiger partial charge in [0.25, 0.3) is 0 Å². The van der Waals surface area contributed by atoms with Crippen LogP contribution in [-0.4, -0.2) is 40.7 Å². The van der Waals surface area contributed by atoms with E-state index in [9.17, 15) is 10.2 Å². The summed E-state index contributed by atoms with van der Waals surface area (Å²) in [6, 6.07) is 23.2. The smallest absolute Gasteiger partial charge is 0.115 e. The minimum absolute atomic E-state index is 0.151. The van der Waals surface area contributed by atoms with Crippen molar-refractivity contribution in [1.82, 2.24) is 0 Å². The second kappa shape index (κ2) is 13.3. The molecule has 0 amide bonds. The number of phenolic OH excluding ortho intramolecular Hbond substituents is 3. The van der Waals surface area contributed by atoms with Crippen molar-refractivity contribution >= 4 is 18.4 Å². The Bertz CT molecular complexity index is 813. The lowest BCUT2D eigenvalue weighted by Gasteiger charge is -2.26. The maximum Gasteiger partial charge on any atom is 0.115 e. The number of carbonyl (C=O) groups is 1. The first-order chi connectivity index (χ1) is 14.8. The van der Waals surface area contributed by atoms with E-state index in [2.05, 4.69) is 13.8 Å². The molecular formula is C25H29ClO5. The van der Waals surface area contributed by atoms with Crippen molar-refractivity contribution < 1.29 is 24.9 Å². The predicted octanol–water partition coefficient (Wildman–Crippen LogP) is 5.26. The van der Waals surface area contributed by atoms with Gasteiger partial charge < -0.3 is 24.9 Å². The zero-order valence-corrected chi connectivity index (χ0v) is 18.5. The summed E-state index contributed by atoms with van der Waals surface area (Å²) >= 11 is 5.27. The summed E-state index contributed by atoms with van der Waals surface area (Å²) in [5.41, 5.74) is 2.10. The van der Waals surface area contributed by atoms with Crippen LogP contribution < -0.4 is 0 Å². The number of phenols is 3. The zero-order valence-electron chi connectivity index (χ0n) is 17.7. The molecule has 0 bridgehead atoms. The van der Waals surface area contributed by atoms with E-state index < -0.39 is 0 Å². The Kier molecular flexibility index (Phi) is 11.2. The van der Waals surface area contributed by atoms with E-state index in [0.717, 1.165) is 17.7 Å². The van der Waals surface area contributed by atoms with Gasteiger partial charge in [-0.2, -0.15) is 0 Å². The van der Waals surface area contributed by atoms with Crippen LogP contribution in [-0.2, 0) is 14.9 Å². The van der Waals surface area contributed by atoms with Gasteiger partial charge in [-0.25, -0.2) is 0 Å². The van der Waals surface area contributed by atoms with Gasteiger partial charge in [0.1, 0.15) is 24.0 Å². The molecule has 31 heavy (non-hydrogen) atoms. The molecule has 5 nitrogen and oxygen atoms in total. The van der Waals surface area contributed by atoms with Gasteiger partial charge in [0.05, 0.1) is 18.6 Å². The molecular weight excluding hydrogens is 416 g/mol. The molecule has 0 aromatic heterocycles. The number of para-hydroxylation sites is 1. The van der Waals surface area contributed by atoms with Gasteiger partial charge in [0.15, 0.2) is 0 Å². The Morgan fingerprint density at radius 2 is 1.16 bits per heavy atom. The van der Waals surface area contributed by atoms with Crippen LogP contribution in [0.1, 0.15) is 25.0 Å². The zero-order chi connectivity index (χ0) is 23.3. The van der Waals surface area contributed by atoms with Gasteiger partial charge in [0.2, 0.25) is 0 Å². The fourth-order valence-corrected chi connectivity index (χ4v) is 2.69. The van der Waals surface area contributed by atoms with Gasteiger partial charge >= 0.3 is 0 Å². The first kappa shape index (κ1) is 26.0. The van der Waals surface area contributed by atoms with Gasteiger partial charge in [-0.05, 0) is 47.5 Å². The summed E-state index contributed by atoms with van der Waals surface area (Å²) in [7, 11) is 0. The maximum atomic E-state index is 9.30. The summed E-state index contributed by atoms with van der Waals surface area (Å²) in [6.07, 6.45) is 0.400. The Morgan fingerprint density at radius 1 is 0.806 bits per heavy atom. The molecule has 1 unspecified atom stereocenters. The molecule has 6 heteroatoms. The highest BCUT2D eigenvalue weighted by Crippen LogP contribution is 2.32. The number of hydrogen-bond acceptors (Lipinski definition) is 5. The van der Waals surface area contributed by atoms with Crippen LogP contribution in [0.2, 0.25) is 0 Å². The first-order valence-corrected chi connectivity index (χ1v) is 10.2. The van der Waals surface area contributed by atoms with E-state index >= 15 is 0 Å². The van der Waals surface area contributed by atoms with Crippen molar-refractivity contribution in [2.45, 2.75) is 25.4 Å². The van der Waals surface area contributed by atoms with Crippen molar-refractivity contribution in [3.8, 4) is 17.2 Å². The van der Waals surface area contributed by atoms with E-state index in [1.54, 1.807) is 48.5 Å². The standard InChI is InChI=1S/C15H16O2.C6H6O.C3H5ClO.CH2O/c1-15(2,11-3-7-13(16)8-4-11)12-5-9-14(17)10-6-12;7-6-4-2-1-3-5-6;4-1-3-2-5-3;1-2/h3-10,16-17H,1-2H3;1-5,7H;3H,1-2H2;1H2. The predicted molar refractivity (Wildman–Crippen MR) is 124 cm³/mol. The number of epoxide rings is 1. The molecule has 4 rings (SSSR count). The quantitative estimate of drug-likeness (QED) is 0.379. The lowest BCUT2D eigenvalue weighted by molar-refractivity contribution is -0.0980. The van der Waals surface area contributed by atoms with Crippen molar-refractivity contribution in [3.63, 3.8) is 0 Å². The molecule has 3 aromatic carbocycles. The number of aromatic hydroxyl groups is 3. The fourth-order valence-electron chi connectivity index (χ4n) is 2.51. The largest absolute Gasteiger partial charge is 0.508 e. The maximum absolute atomic E-state index is 9.30. The van der Waals surface area contributed by atoms with Crippen LogP contribution >= 0.6 is 11.6 Å². The van der Waals surface area contributed by atoms with Crippen LogP contribution in [0.4, 0.5) is 0 Å². The molecule has 0 radical (unpaired) electrons. The molecule has 3 N–H and O–H groups in total. The average molecular weight is 445 g/mol. The molecule has 166 valence electrons. The van der Waals surface area contributed by atoms with E-state index in [0.29, 0.717) is 17.7 Å². The molecule has 3 aromatic rings. The third kappa shape index (κ3) is 9.55. The number of halogens is 1. The van der Waals surface area contributed by atoms with Crippen LogP contribution in [0.15, 0.2) is 78.9 Å². The molecule has 1 fully saturated rings. The van der Waals surface area contributed by atoms with E-state index in [1.165, 1.54) is 0 Å². The van der Waals surface area contributed by atoms with Crippen molar-refractivity contribution in [2.75, 3.05) is 12.5 Å². The lowest BCUT2D eigenvalue weighted by Crippen LogP contribution is -2.18. The molecule has 0 saturated carbocycles. The second-order valence-corrected chi connectivity index (χ2v) is 7.47. The van der Waals surface area contributed by atoms with Gasteiger partial charge in [-0.15, -0.1) is 11.6 Å². The summed E-state index contributed by atoms with van der Waals surface area (Å²) in [4.78, 5) is 8.00. The summed E-state index contributed by atoms with van der Waals surface area (Å²) in [6.45, 7) is 7.11. The third-order valence-electron chi connectivity index (χ3n) is 4.51. The summed E-state index contributed by atoms with van der Waals surface area (Å²) < 4.78 is 4.73. The topological polar surface area (TPSA) is 90.3 Å². The fraction of sp³-hybridized carbons (Fsp3) is 0.240. The van der Waals surface area contributed by atoms with Crippen LogP contribution in [0.3, 0.4) is 0 Å². The summed E-state index contributed by atoms with van der Waals surface area (Å²) in [5.74, 6) is 1.54. The number of rotatable bonds is 3. The van der Waals surface area contributed by atoms with Crippen LogP contribution in [0.5, 0.6) is 17.2 Å². The van der Waals surface area contributed by atoms with Crippen molar-refractivity contribution in [2.24, 2.45) is 0 Å². The molecule has 1 atom stereocenters. The molecule has 1 heterocycles. The van der Waals surface area contributed by atoms with Gasteiger partial charge in [-0.3, -0.25) is 0 Å². The number of benzene rings is 3. The highest BCUT2D eigenvalue weighted by molar-refractivity contribution is 6.18. The molecule has 1 aliphatic rings. The molecule has 0 spiro atoms. The number of carbonyl (C=O) groups excluding carboxylic acids is 1. The minimum atomic E-state index is -0.151. The highest BCUT2D eigenvalue weighted by Gasteiger charge is 2.22. The first-order valence-electron chi connectivity index (χ1n) is 9.62. The molecule has 0 aliphatic carbocycles. The monoisotopic (exact) mass is 444 g/mol. The van der Waals surface area contributed by atoms with E-state index in [-0.39, 0.29) is 16.9 Å². The average Bonchev–Trinajstić information content (AvgIpc) is 3.62. The van der Waals surface area contributed by atoms with Crippen LogP contribution in [0, 0.1) is 0 Å². The van der Waals surface area contributed by atoms with Crippen molar-refractivity contribution in [3.05, 3.63) is 90.0 Å². The van der Waals surface area contributed by atoms with E-state index in [1.807, 2.05) is 37.1 Å². The Morgan fingerprint density at radius 3 is 1.39 bits per heavy atom. The van der Waals surface area contributed by atoms with Gasteiger partial charge in [0, 0.05) is 5.41 Å². The molecule has 1 saturated heterocycles. The highest BCUT2D eigenvalue weighted by atomic mass is 35.5. The lowest BCUT2D eigenvalue weighted by atomic mass is 9.78. The number of hydrogen-bond donors (Lipinski definition) is 3. The number of alkyl halides is 1. The normalized spacial score (nSPS) is 13.8. The summed E-state index contributed by atoms with van der Waals surface area (Å²) in [5, 5.41) is 27.2. The van der Waals surface area contributed by atoms with Crippen LogP contribution in [0.25, 0.3) is 0 Å². The van der Waals surface area contributed by atoms with Crippen molar-refractivity contribution in [1.29, 1.82) is 0 Å². The molecule has 1 aliphatic heterocycles. The number of ether oxygens (including phenoxy) is 1. The Labute approximate surface area is 188 Å². The van der Waals surface area contributed by atoms with E-state index in [4.69, 9.17) is 26.2 Å². The second-order valence-electron chi connectivity index (χ2n) is 7.16. The SMILES string of the molecule is C=O.CC(C)(c1ccc(O)cc1)c1ccc(O)cc1.ClCC1CO1.Oc1ccccc1. The van der Waals surface area contributed by atoms with Gasteiger partial charge in [-0.1, -0.05) is 56.3 Å². The third-order valence-corrected chi connectivity index (χ3v) is 4.85. The Balaban J connectivity index is 0.000000280. The minimum Gasteiger partial charge on any atom is -0.508 e. The Hall–Kier alpha value is -3.02.